The molecule has 0 aromatic carbocycles. The number of aliphatic hydroxyl groups excluding tert-OH is 2. The Bertz CT molecular complexity index is 1950. The molecule has 3 aliphatic rings. The van der Waals surface area contributed by atoms with E-state index in [2.05, 4.69) is 29.9 Å². The highest BCUT2D eigenvalue weighted by Crippen LogP contribution is 2.55. The van der Waals surface area contributed by atoms with Gasteiger partial charge in [0.15, 0.2) is 35.1 Å². The van der Waals surface area contributed by atoms with Crippen LogP contribution in [-0.4, -0.2) is 111 Å². The van der Waals surface area contributed by atoms with E-state index in [1.165, 1.54) is 17.2 Å². The third-order valence-electron chi connectivity index (χ3n) is 7.54. The topological polar surface area (TPSA) is 319 Å². The van der Waals surface area contributed by atoms with E-state index < -0.39 is 83.5 Å². The van der Waals surface area contributed by atoms with E-state index in [1.54, 1.807) is 0 Å². The Kier molecular flexibility index (Phi) is 7.70. The van der Waals surface area contributed by atoms with Gasteiger partial charge in [0, 0.05) is 7.11 Å². The molecule has 4 bridgehead atoms. The number of anilines is 2. The molecule has 0 amide bonds. The Labute approximate surface area is 255 Å². The molecule has 0 radical (unpaired) electrons. The Hall–Kier alpha value is -3.44. The molecule has 0 saturated carbocycles. The Morgan fingerprint density at radius 2 is 1.52 bits per heavy atom. The van der Waals surface area contributed by atoms with Crippen LogP contribution < -0.4 is 17.0 Å². The molecule has 248 valence electrons. The second kappa shape index (κ2) is 11.4. The summed E-state index contributed by atoms with van der Waals surface area (Å²) in [6.45, 7) is -1.47. The minimum Gasteiger partial charge on any atom is -0.387 e. The third kappa shape index (κ3) is 5.29. The Balaban J connectivity index is 1.24. The van der Waals surface area contributed by atoms with Gasteiger partial charge in [0.25, 0.3) is 5.56 Å². The molecule has 6 unspecified atom stereocenters. The number of nitrogens with zero attached hydrogens (tertiary/aromatic N) is 7. The maximum absolute atomic E-state index is 13.7. The smallest absolute Gasteiger partial charge is 0.387 e. The highest BCUT2D eigenvalue weighted by molar-refractivity contribution is 7.48. The fourth-order valence-corrected chi connectivity index (χ4v) is 7.41. The van der Waals surface area contributed by atoms with Crippen molar-refractivity contribution in [2.24, 2.45) is 0 Å². The van der Waals surface area contributed by atoms with Crippen LogP contribution in [0.4, 0.5) is 11.8 Å². The van der Waals surface area contributed by atoms with Crippen molar-refractivity contribution in [3.63, 3.8) is 0 Å². The number of phosphoric ester groups is 2. The molecule has 0 aliphatic carbocycles. The fraction of sp³-hybridized carbons (Fsp3) is 0.524. The lowest BCUT2D eigenvalue weighted by atomic mass is 10.1. The van der Waals surface area contributed by atoms with Gasteiger partial charge < -0.3 is 36.0 Å². The van der Waals surface area contributed by atoms with Gasteiger partial charge in [0.1, 0.15) is 48.5 Å². The number of rotatable bonds is 3. The monoisotopic (exact) mass is 688 g/mol. The quantitative estimate of drug-likeness (QED) is 0.131. The van der Waals surface area contributed by atoms with E-state index >= 15 is 0 Å². The van der Waals surface area contributed by atoms with Crippen LogP contribution in [0.5, 0.6) is 0 Å². The zero-order chi connectivity index (χ0) is 32.5. The van der Waals surface area contributed by atoms with Crippen molar-refractivity contribution < 1.29 is 56.3 Å². The van der Waals surface area contributed by atoms with E-state index in [0.29, 0.717) is 0 Å². The Morgan fingerprint density at radius 1 is 0.913 bits per heavy atom. The van der Waals surface area contributed by atoms with E-state index in [1.807, 2.05) is 0 Å². The van der Waals surface area contributed by atoms with E-state index in [0.717, 1.165) is 18.0 Å². The number of aromatic nitrogens is 8. The third-order valence-corrected chi connectivity index (χ3v) is 9.94. The maximum Gasteiger partial charge on any atom is 0.475 e. The van der Waals surface area contributed by atoms with Crippen molar-refractivity contribution in [1.29, 1.82) is 0 Å². The summed E-state index contributed by atoms with van der Waals surface area (Å²) >= 11 is 0. The predicted molar refractivity (Wildman–Crippen MR) is 148 cm³/mol. The minimum absolute atomic E-state index is 0.0453. The summed E-state index contributed by atoms with van der Waals surface area (Å²) in [5, 5.41) is 22.4. The number of nitrogen functional groups attached to an aromatic ring is 2. The zero-order valence-corrected chi connectivity index (χ0v) is 25.2. The van der Waals surface area contributed by atoms with Gasteiger partial charge in [0.2, 0.25) is 5.95 Å². The minimum atomic E-state index is -5.08. The first-order valence-electron chi connectivity index (χ1n) is 13.3. The molecule has 0 spiro atoms. The van der Waals surface area contributed by atoms with Gasteiger partial charge in [-0.3, -0.25) is 41.5 Å². The van der Waals surface area contributed by atoms with Crippen LogP contribution in [0.2, 0.25) is 0 Å². The standard InChI is InChI=1S/C21H26N10O13P2/c1-38-46(37)40-3-8-11(32)13(19(42-8)31-6-27-10-17(31)28-21(23)29-18(10)34)43-45(35,36)39-2-7-12(33)14(44-46)20(41-7)30-5-26-9-15(22)24-4-25-16(9)30/h4-8,11-14,19-20,32-33H,2-3H2,1H3,(H,35,36)(H2,22,24,25)(H3,23,28,29,34)/t7-,8-,11?,12?,13?,14?,19-,20-,46?/m1/s1. The van der Waals surface area contributed by atoms with Gasteiger partial charge in [-0.05, 0) is 0 Å². The molecular weight excluding hydrogens is 662 g/mol. The first-order valence-corrected chi connectivity index (χ1v) is 16.3. The molecule has 8 N–H and O–H groups in total. The predicted octanol–water partition coefficient (Wildman–Crippen LogP) is -1.69. The summed E-state index contributed by atoms with van der Waals surface area (Å²) in [4.78, 5) is 45.5. The summed E-state index contributed by atoms with van der Waals surface area (Å²) in [5.74, 6) is -0.224. The molecule has 3 fully saturated rings. The number of hydrogen-bond donors (Lipinski definition) is 6. The molecule has 7 rings (SSSR count). The number of ether oxygens (including phenoxy) is 2. The number of aromatic amines is 1. The lowest BCUT2D eigenvalue weighted by molar-refractivity contribution is -0.0684. The summed E-state index contributed by atoms with van der Waals surface area (Å²) in [5.41, 5.74) is 11.0. The number of H-pyrrole nitrogens is 1. The number of hydrogen-bond acceptors (Lipinski definition) is 19. The number of aliphatic hydroxyl groups is 2. The molecular formula is C21H26N10O13P2. The van der Waals surface area contributed by atoms with Crippen LogP contribution >= 0.6 is 15.6 Å². The highest BCUT2D eigenvalue weighted by Gasteiger charge is 2.54. The van der Waals surface area contributed by atoms with Gasteiger partial charge in [0.05, 0.1) is 25.9 Å². The molecule has 7 heterocycles. The SMILES string of the molecule is COP1(=O)OC[C@H]2O[C@@H](n3cnc4c(=O)[nH]c(N)nc43)C(OP(=O)(O)OC[C@H]3O[C@@H](n4cnc5c(N)ncnc54)C(O1)C3O)C2O. The normalized spacial score (nSPS) is 37.1. The second-order valence-electron chi connectivity index (χ2n) is 10.3. The van der Waals surface area contributed by atoms with Gasteiger partial charge in [-0.15, -0.1) is 0 Å². The van der Waals surface area contributed by atoms with Gasteiger partial charge in [-0.2, -0.15) is 4.98 Å². The molecule has 3 aliphatic heterocycles. The fourth-order valence-electron chi connectivity index (χ4n) is 5.36. The van der Waals surface area contributed by atoms with Crippen LogP contribution in [0.1, 0.15) is 12.5 Å². The van der Waals surface area contributed by atoms with Crippen molar-refractivity contribution in [3.05, 3.63) is 29.3 Å². The summed E-state index contributed by atoms with van der Waals surface area (Å²) in [7, 11) is -8.63. The van der Waals surface area contributed by atoms with E-state index in [9.17, 15) is 29.0 Å². The van der Waals surface area contributed by atoms with Crippen molar-refractivity contribution >= 4 is 49.7 Å². The molecule has 25 heteroatoms. The van der Waals surface area contributed by atoms with Crippen LogP contribution in [0, 0.1) is 0 Å². The first-order chi connectivity index (χ1) is 21.9. The molecule has 3 saturated heterocycles. The van der Waals surface area contributed by atoms with Crippen LogP contribution in [-0.2, 0) is 41.2 Å². The maximum atomic E-state index is 13.7. The lowest BCUT2D eigenvalue weighted by Crippen LogP contribution is -2.38. The van der Waals surface area contributed by atoms with Gasteiger partial charge >= 0.3 is 15.6 Å². The van der Waals surface area contributed by atoms with Crippen LogP contribution in [0.15, 0.2) is 23.8 Å². The number of fused-ring (bicyclic) bond motifs is 6. The zero-order valence-electron chi connectivity index (χ0n) is 23.4. The largest absolute Gasteiger partial charge is 0.475 e. The molecule has 10 atom stereocenters. The second-order valence-corrected chi connectivity index (χ2v) is 13.4. The van der Waals surface area contributed by atoms with E-state index in [-0.39, 0.29) is 34.1 Å². The molecule has 4 aromatic heterocycles. The summed E-state index contributed by atoms with van der Waals surface area (Å²) in [6.07, 6.45) is -8.65. The van der Waals surface area contributed by atoms with Crippen molar-refractivity contribution in [3.8, 4) is 0 Å². The van der Waals surface area contributed by atoms with Crippen molar-refractivity contribution in [2.45, 2.75) is 49.1 Å². The van der Waals surface area contributed by atoms with Crippen molar-refractivity contribution in [2.75, 3.05) is 31.8 Å². The van der Waals surface area contributed by atoms with Gasteiger partial charge in [-0.25, -0.2) is 29.1 Å². The first kappa shape index (κ1) is 31.2. The summed E-state index contributed by atoms with van der Waals surface area (Å²) in [6, 6.07) is 0. The number of phosphoric acid groups is 2. The van der Waals surface area contributed by atoms with Crippen molar-refractivity contribution in [1.82, 2.24) is 39.0 Å². The summed E-state index contributed by atoms with van der Waals surface area (Å²) < 4.78 is 68.1. The average molecular weight is 688 g/mol. The molecule has 23 nitrogen and oxygen atoms in total. The van der Waals surface area contributed by atoms with Crippen LogP contribution in [0.25, 0.3) is 22.3 Å². The lowest BCUT2D eigenvalue weighted by Gasteiger charge is -2.27. The molecule has 46 heavy (non-hydrogen) atoms. The number of imidazole rings is 2. The van der Waals surface area contributed by atoms with E-state index in [4.69, 9.17) is 43.6 Å². The molecule has 4 aromatic rings. The number of nitrogens with two attached hydrogens (primary N) is 2. The van der Waals surface area contributed by atoms with Gasteiger partial charge in [-0.1, -0.05) is 0 Å². The Morgan fingerprint density at radius 3 is 2.20 bits per heavy atom. The highest BCUT2D eigenvalue weighted by atomic mass is 31.2. The number of nitrogens with one attached hydrogen (secondary N) is 1. The van der Waals surface area contributed by atoms with Crippen LogP contribution in [0.3, 0.4) is 0 Å². The average Bonchev–Trinajstić information content (AvgIpc) is 3.76.